The van der Waals surface area contributed by atoms with Gasteiger partial charge in [-0.2, -0.15) is 0 Å². The maximum absolute atomic E-state index is 12.5. The second-order valence-corrected chi connectivity index (χ2v) is 6.21. The molecule has 5 nitrogen and oxygen atoms in total. The fourth-order valence-electron chi connectivity index (χ4n) is 2.68. The summed E-state index contributed by atoms with van der Waals surface area (Å²) in [5.74, 6) is -0.0759. The molecule has 0 aliphatic carbocycles. The van der Waals surface area contributed by atoms with E-state index in [2.05, 4.69) is 10.6 Å². The number of nitrogens with one attached hydrogen (secondary N) is 2. The third kappa shape index (κ3) is 5.22. The van der Waals surface area contributed by atoms with Gasteiger partial charge in [0.25, 0.3) is 5.91 Å². The molecule has 0 bridgehead atoms. The molecule has 126 valence electrons. The first-order valence-electron chi connectivity index (χ1n) is 8.15. The Bertz CT molecular complexity index is 557. The first kappa shape index (κ1) is 17.8. The second-order valence-electron chi connectivity index (χ2n) is 5.80. The van der Waals surface area contributed by atoms with E-state index in [4.69, 9.17) is 11.6 Å². The minimum Gasteiger partial charge on any atom is -0.339 e. The second kappa shape index (κ2) is 8.89. The predicted molar refractivity (Wildman–Crippen MR) is 93.0 cm³/mol. The minimum atomic E-state index is -0.0496. The summed E-state index contributed by atoms with van der Waals surface area (Å²) in [6.07, 6.45) is 4.50. The van der Waals surface area contributed by atoms with Gasteiger partial charge in [-0.3, -0.25) is 9.59 Å². The van der Waals surface area contributed by atoms with E-state index in [1.807, 2.05) is 11.9 Å². The molecule has 23 heavy (non-hydrogen) atoms. The van der Waals surface area contributed by atoms with Crippen LogP contribution in [0.5, 0.6) is 0 Å². The monoisotopic (exact) mass is 337 g/mol. The highest BCUT2D eigenvalue weighted by molar-refractivity contribution is 6.34. The summed E-state index contributed by atoms with van der Waals surface area (Å²) in [4.78, 5) is 26.1. The molecule has 0 unspecified atom stereocenters. The fourth-order valence-corrected chi connectivity index (χ4v) is 2.94. The predicted octanol–water partition coefficient (Wildman–Crippen LogP) is 2.90. The van der Waals surface area contributed by atoms with Gasteiger partial charge in [-0.15, -0.1) is 0 Å². The third-order valence-electron chi connectivity index (χ3n) is 3.96. The zero-order valence-corrected chi connectivity index (χ0v) is 14.3. The van der Waals surface area contributed by atoms with Gasteiger partial charge >= 0.3 is 0 Å². The van der Waals surface area contributed by atoms with Crippen molar-refractivity contribution in [3.63, 3.8) is 0 Å². The maximum Gasteiger partial charge on any atom is 0.255 e. The molecule has 0 spiro atoms. The van der Waals surface area contributed by atoms with E-state index in [-0.39, 0.29) is 11.8 Å². The Hall–Kier alpha value is -1.59. The lowest BCUT2D eigenvalue weighted by molar-refractivity contribution is -0.116. The van der Waals surface area contributed by atoms with Gasteiger partial charge in [0.1, 0.15) is 0 Å². The number of hydrogen-bond acceptors (Lipinski definition) is 3. The summed E-state index contributed by atoms with van der Waals surface area (Å²) in [6, 6.07) is 5.08. The highest BCUT2D eigenvalue weighted by Gasteiger charge is 2.20. The van der Waals surface area contributed by atoms with Crippen LogP contribution >= 0.6 is 11.6 Å². The molecule has 0 aromatic heterocycles. The zero-order chi connectivity index (χ0) is 16.7. The quantitative estimate of drug-likeness (QED) is 0.785. The molecule has 1 aliphatic heterocycles. The van der Waals surface area contributed by atoms with Crippen molar-refractivity contribution in [2.75, 3.05) is 32.0 Å². The standard InChI is InChI=1S/C17H24ClN3O2/c1-19-9-5-6-16(22)20-13-7-8-14(15(18)12-13)17(23)21-10-3-2-4-11-21/h7-8,12,19H,2-6,9-11H2,1H3,(H,20,22). The lowest BCUT2D eigenvalue weighted by atomic mass is 10.1. The first-order valence-corrected chi connectivity index (χ1v) is 8.53. The van der Waals surface area contributed by atoms with Crippen molar-refractivity contribution in [2.24, 2.45) is 0 Å². The Morgan fingerprint density at radius 1 is 1.22 bits per heavy atom. The molecule has 0 atom stereocenters. The minimum absolute atomic E-state index is 0.0263. The number of carbonyl (C=O) groups is 2. The average molecular weight is 338 g/mol. The van der Waals surface area contributed by atoms with Crippen LogP contribution in [-0.2, 0) is 4.79 Å². The number of amides is 2. The van der Waals surface area contributed by atoms with Crippen LogP contribution in [0.25, 0.3) is 0 Å². The molecule has 1 saturated heterocycles. The third-order valence-corrected chi connectivity index (χ3v) is 4.27. The van der Waals surface area contributed by atoms with Crippen molar-refractivity contribution in [1.29, 1.82) is 0 Å². The Labute approximate surface area is 142 Å². The molecule has 1 fully saturated rings. The first-order chi connectivity index (χ1) is 11.1. The van der Waals surface area contributed by atoms with E-state index in [1.54, 1.807) is 18.2 Å². The normalized spacial score (nSPS) is 14.6. The van der Waals surface area contributed by atoms with Crippen LogP contribution in [-0.4, -0.2) is 43.4 Å². The summed E-state index contributed by atoms with van der Waals surface area (Å²) in [7, 11) is 1.86. The molecule has 1 aromatic carbocycles. The Morgan fingerprint density at radius 3 is 2.61 bits per heavy atom. The van der Waals surface area contributed by atoms with E-state index >= 15 is 0 Å². The lowest BCUT2D eigenvalue weighted by Gasteiger charge is -2.27. The summed E-state index contributed by atoms with van der Waals surface area (Å²) in [6.45, 7) is 2.38. The SMILES string of the molecule is CNCCCC(=O)Nc1ccc(C(=O)N2CCCCC2)c(Cl)c1. The lowest BCUT2D eigenvalue weighted by Crippen LogP contribution is -2.35. The highest BCUT2D eigenvalue weighted by atomic mass is 35.5. The van der Waals surface area contributed by atoms with Gasteiger partial charge in [0, 0.05) is 25.2 Å². The molecule has 6 heteroatoms. The summed E-state index contributed by atoms with van der Waals surface area (Å²) < 4.78 is 0. The molecule has 2 N–H and O–H groups in total. The number of likely N-dealkylation sites (tertiary alicyclic amines) is 1. The number of halogens is 1. The van der Waals surface area contributed by atoms with Gasteiger partial charge in [-0.1, -0.05) is 11.6 Å². The molecule has 1 aromatic rings. The fraction of sp³-hybridized carbons (Fsp3) is 0.529. The van der Waals surface area contributed by atoms with Crippen molar-refractivity contribution in [3.8, 4) is 0 Å². The molecule has 0 saturated carbocycles. The van der Waals surface area contributed by atoms with Gasteiger partial charge in [-0.05, 0) is 57.5 Å². The summed E-state index contributed by atoms with van der Waals surface area (Å²) in [5, 5.41) is 6.20. The number of rotatable bonds is 6. The van der Waals surface area contributed by atoms with Gasteiger partial charge in [0.05, 0.1) is 10.6 Å². The number of anilines is 1. The molecule has 0 radical (unpaired) electrons. The van der Waals surface area contributed by atoms with Gasteiger partial charge in [-0.25, -0.2) is 0 Å². The van der Waals surface area contributed by atoms with Gasteiger partial charge in [0.15, 0.2) is 0 Å². The van der Waals surface area contributed by atoms with E-state index in [9.17, 15) is 9.59 Å². The Kier molecular flexibility index (Phi) is 6.86. The Morgan fingerprint density at radius 2 is 1.96 bits per heavy atom. The van der Waals surface area contributed by atoms with Crippen molar-refractivity contribution >= 4 is 29.1 Å². The van der Waals surface area contributed by atoms with E-state index in [1.165, 1.54) is 6.42 Å². The number of benzene rings is 1. The van der Waals surface area contributed by atoms with Crippen molar-refractivity contribution in [3.05, 3.63) is 28.8 Å². The van der Waals surface area contributed by atoms with E-state index in [0.717, 1.165) is 38.9 Å². The average Bonchev–Trinajstić information content (AvgIpc) is 2.55. The smallest absolute Gasteiger partial charge is 0.255 e. The number of hydrogen-bond donors (Lipinski definition) is 2. The maximum atomic E-state index is 12.5. The number of piperidine rings is 1. The Balaban J connectivity index is 1.97. The summed E-state index contributed by atoms with van der Waals surface area (Å²) >= 11 is 6.24. The van der Waals surface area contributed by atoms with Crippen LogP contribution in [0.1, 0.15) is 42.5 Å². The topological polar surface area (TPSA) is 61.4 Å². The molecular weight excluding hydrogens is 314 g/mol. The van der Waals surface area contributed by atoms with Crippen molar-refractivity contribution < 1.29 is 9.59 Å². The molecule has 2 rings (SSSR count). The van der Waals surface area contributed by atoms with E-state index in [0.29, 0.717) is 22.7 Å². The van der Waals surface area contributed by atoms with E-state index < -0.39 is 0 Å². The zero-order valence-electron chi connectivity index (χ0n) is 13.5. The largest absolute Gasteiger partial charge is 0.339 e. The van der Waals surface area contributed by atoms with Crippen LogP contribution in [0.3, 0.4) is 0 Å². The molecule has 1 heterocycles. The molecule has 2 amide bonds. The van der Waals surface area contributed by atoms with Crippen LogP contribution < -0.4 is 10.6 Å². The van der Waals surface area contributed by atoms with Crippen LogP contribution in [0.4, 0.5) is 5.69 Å². The molecule has 1 aliphatic rings. The number of nitrogens with zero attached hydrogens (tertiary/aromatic N) is 1. The van der Waals surface area contributed by atoms with Crippen LogP contribution in [0, 0.1) is 0 Å². The van der Waals surface area contributed by atoms with Crippen molar-refractivity contribution in [1.82, 2.24) is 10.2 Å². The molecular formula is C17H24ClN3O2. The van der Waals surface area contributed by atoms with Crippen LogP contribution in [0.2, 0.25) is 5.02 Å². The summed E-state index contributed by atoms with van der Waals surface area (Å²) in [5.41, 5.74) is 1.13. The number of carbonyl (C=O) groups excluding carboxylic acids is 2. The van der Waals surface area contributed by atoms with Crippen molar-refractivity contribution in [2.45, 2.75) is 32.1 Å². The van der Waals surface area contributed by atoms with Crippen LogP contribution in [0.15, 0.2) is 18.2 Å². The van der Waals surface area contributed by atoms with Gasteiger partial charge < -0.3 is 15.5 Å². The van der Waals surface area contributed by atoms with Gasteiger partial charge in [0.2, 0.25) is 5.91 Å². The highest BCUT2D eigenvalue weighted by Crippen LogP contribution is 2.24.